The minimum absolute atomic E-state index is 0.0425. The van der Waals surface area contributed by atoms with Crippen LogP contribution in [0.5, 0.6) is 0 Å². The van der Waals surface area contributed by atoms with E-state index < -0.39 is 0 Å². The molecule has 1 atom stereocenters. The molecule has 1 unspecified atom stereocenters. The number of fused-ring (bicyclic) bond motifs is 1. The molecule has 2 heterocycles. The van der Waals surface area contributed by atoms with E-state index in [-0.39, 0.29) is 12.0 Å². The van der Waals surface area contributed by atoms with Gasteiger partial charge in [-0.1, -0.05) is 19.9 Å². The van der Waals surface area contributed by atoms with E-state index in [1.165, 1.54) is 10.9 Å². The van der Waals surface area contributed by atoms with E-state index in [0.717, 1.165) is 25.0 Å². The number of ether oxygens (including phenoxy) is 1. The zero-order valence-corrected chi connectivity index (χ0v) is 13.3. The van der Waals surface area contributed by atoms with Crippen molar-refractivity contribution in [3.63, 3.8) is 0 Å². The molecule has 0 spiro atoms. The molecule has 0 aliphatic carbocycles. The van der Waals surface area contributed by atoms with Gasteiger partial charge in [0.2, 0.25) is 5.91 Å². The molecular weight excluding hydrogens is 276 g/mol. The Balaban J connectivity index is 1.64. The molecule has 1 aromatic heterocycles. The van der Waals surface area contributed by atoms with Crippen molar-refractivity contribution in [3.05, 3.63) is 36.0 Å². The lowest BCUT2D eigenvalue weighted by Gasteiger charge is -2.12. The first-order chi connectivity index (χ1) is 10.6. The number of nitrogens with one attached hydrogen (secondary N) is 1. The average Bonchev–Trinajstić information content (AvgIpc) is 3.14. The van der Waals surface area contributed by atoms with Gasteiger partial charge in [-0.05, 0) is 47.9 Å². The van der Waals surface area contributed by atoms with E-state index in [0.29, 0.717) is 19.0 Å². The molecule has 1 aliphatic rings. The predicted molar refractivity (Wildman–Crippen MR) is 88.0 cm³/mol. The van der Waals surface area contributed by atoms with Gasteiger partial charge in [0.05, 0.1) is 6.10 Å². The summed E-state index contributed by atoms with van der Waals surface area (Å²) < 4.78 is 7.53. The summed E-state index contributed by atoms with van der Waals surface area (Å²) in [5.41, 5.74) is 2.43. The van der Waals surface area contributed by atoms with Crippen LogP contribution in [-0.4, -0.2) is 29.7 Å². The van der Waals surface area contributed by atoms with Crippen molar-refractivity contribution in [1.29, 1.82) is 0 Å². The summed E-state index contributed by atoms with van der Waals surface area (Å²) in [5, 5.41) is 4.17. The maximum absolute atomic E-state index is 12.1. The summed E-state index contributed by atoms with van der Waals surface area (Å²) in [6, 6.07) is 8.54. The van der Waals surface area contributed by atoms with Crippen LogP contribution >= 0.6 is 0 Å². The Kier molecular flexibility index (Phi) is 4.48. The number of rotatable bonds is 5. The van der Waals surface area contributed by atoms with Crippen molar-refractivity contribution >= 4 is 16.8 Å². The van der Waals surface area contributed by atoms with Crippen molar-refractivity contribution < 1.29 is 9.53 Å². The van der Waals surface area contributed by atoms with Crippen molar-refractivity contribution in [2.24, 2.45) is 0 Å². The molecule has 1 N–H and O–H groups in total. The van der Waals surface area contributed by atoms with E-state index in [4.69, 9.17) is 4.74 Å². The Morgan fingerprint density at radius 1 is 1.41 bits per heavy atom. The highest BCUT2D eigenvalue weighted by Crippen LogP contribution is 2.22. The molecule has 0 bridgehead atoms. The van der Waals surface area contributed by atoms with Crippen LogP contribution in [0.4, 0.5) is 0 Å². The largest absolute Gasteiger partial charge is 0.376 e. The monoisotopic (exact) mass is 300 g/mol. The van der Waals surface area contributed by atoms with Gasteiger partial charge >= 0.3 is 0 Å². The molecule has 1 fully saturated rings. The van der Waals surface area contributed by atoms with Crippen molar-refractivity contribution in [3.8, 4) is 0 Å². The van der Waals surface area contributed by atoms with Crippen molar-refractivity contribution in [2.75, 3.05) is 13.2 Å². The maximum atomic E-state index is 12.1. The molecule has 2 aromatic rings. The van der Waals surface area contributed by atoms with Gasteiger partial charge in [0.25, 0.3) is 0 Å². The highest BCUT2D eigenvalue weighted by Gasteiger charge is 2.16. The predicted octanol–water partition coefficient (Wildman–Crippen LogP) is 3.06. The average molecular weight is 300 g/mol. The third-order valence-electron chi connectivity index (χ3n) is 4.33. The Morgan fingerprint density at radius 2 is 2.27 bits per heavy atom. The lowest BCUT2D eigenvalue weighted by Crippen LogP contribution is -2.33. The van der Waals surface area contributed by atoms with Crippen molar-refractivity contribution in [2.45, 2.75) is 45.3 Å². The zero-order chi connectivity index (χ0) is 15.5. The van der Waals surface area contributed by atoms with Crippen LogP contribution in [0.1, 0.15) is 38.2 Å². The van der Waals surface area contributed by atoms with Crippen LogP contribution in [0.3, 0.4) is 0 Å². The number of amides is 1. The molecule has 3 rings (SSSR count). The van der Waals surface area contributed by atoms with E-state index >= 15 is 0 Å². The van der Waals surface area contributed by atoms with E-state index in [9.17, 15) is 4.79 Å². The number of hydrogen-bond acceptors (Lipinski definition) is 2. The fourth-order valence-corrected chi connectivity index (χ4v) is 2.96. The third-order valence-corrected chi connectivity index (χ3v) is 4.33. The molecule has 118 valence electrons. The molecular formula is C18H24N2O2. The summed E-state index contributed by atoms with van der Waals surface area (Å²) in [4.78, 5) is 12.1. The zero-order valence-electron chi connectivity index (χ0n) is 13.3. The number of nitrogens with zero attached hydrogens (tertiary/aromatic N) is 1. The van der Waals surface area contributed by atoms with E-state index in [1.54, 1.807) is 0 Å². The second-order valence-electron chi connectivity index (χ2n) is 6.36. The van der Waals surface area contributed by atoms with Gasteiger partial charge in [-0.25, -0.2) is 0 Å². The van der Waals surface area contributed by atoms with Crippen LogP contribution in [0.25, 0.3) is 10.9 Å². The van der Waals surface area contributed by atoms with Gasteiger partial charge in [-0.15, -0.1) is 0 Å². The molecule has 0 radical (unpaired) electrons. The van der Waals surface area contributed by atoms with Gasteiger partial charge in [-0.3, -0.25) is 4.79 Å². The minimum Gasteiger partial charge on any atom is -0.376 e. The lowest BCUT2D eigenvalue weighted by atomic mass is 10.0. The number of carbonyl (C=O) groups is 1. The van der Waals surface area contributed by atoms with Crippen LogP contribution in [-0.2, 0) is 16.1 Å². The highest BCUT2D eigenvalue weighted by atomic mass is 16.5. The summed E-state index contributed by atoms with van der Waals surface area (Å²) in [5.74, 6) is 0.559. The first kappa shape index (κ1) is 15.1. The number of hydrogen-bond donors (Lipinski definition) is 1. The fraction of sp³-hybridized carbons (Fsp3) is 0.500. The van der Waals surface area contributed by atoms with Crippen LogP contribution in [0.2, 0.25) is 0 Å². The molecule has 1 aliphatic heterocycles. The van der Waals surface area contributed by atoms with Crippen molar-refractivity contribution in [1.82, 2.24) is 9.88 Å². The SMILES string of the molecule is CC(C)c1ccc2c(ccn2CC(=O)NCC2CCCO2)c1. The van der Waals surface area contributed by atoms with Crippen LogP contribution < -0.4 is 5.32 Å². The lowest BCUT2D eigenvalue weighted by molar-refractivity contribution is -0.122. The summed E-state index contributed by atoms with van der Waals surface area (Å²) in [7, 11) is 0. The van der Waals surface area contributed by atoms with Crippen LogP contribution in [0, 0.1) is 0 Å². The summed E-state index contributed by atoms with van der Waals surface area (Å²) >= 11 is 0. The highest BCUT2D eigenvalue weighted by molar-refractivity contribution is 5.84. The first-order valence-electron chi connectivity index (χ1n) is 8.10. The standard InChI is InChI=1S/C18H24N2O2/c1-13(2)14-5-6-17-15(10-14)7-8-20(17)12-18(21)19-11-16-4-3-9-22-16/h5-8,10,13,16H,3-4,9,11-12H2,1-2H3,(H,19,21). The molecule has 0 saturated carbocycles. The Morgan fingerprint density at radius 3 is 3.00 bits per heavy atom. The van der Waals surface area contributed by atoms with Gasteiger partial charge in [0, 0.05) is 24.9 Å². The fourth-order valence-electron chi connectivity index (χ4n) is 2.96. The number of carbonyl (C=O) groups excluding carboxylic acids is 1. The quantitative estimate of drug-likeness (QED) is 0.922. The second-order valence-corrected chi connectivity index (χ2v) is 6.36. The van der Waals surface area contributed by atoms with Gasteiger partial charge in [-0.2, -0.15) is 0 Å². The first-order valence-corrected chi connectivity index (χ1v) is 8.10. The maximum Gasteiger partial charge on any atom is 0.240 e. The van der Waals surface area contributed by atoms with E-state index in [1.807, 2.05) is 10.8 Å². The van der Waals surface area contributed by atoms with Gasteiger partial charge in [0.15, 0.2) is 0 Å². The van der Waals surface area contributed by atoms with E-state index in [2.05, 4.69) is 43.4 Å². The topological polar surface area (TPSA) is 43.3 Å². The number of aromatic nitrogens is 1. The summed E-state index contributed by atoms with van der Waals surface area (Å²) in [6.45, 7) is 6.18. The second kappa shape index (κ2) is 6.53. The minimum atomic E-state index is 0.0425. The Labute approximate surface area is 131 Å². The van der Waals surface area contributed by atoms with Crippen LogP contribution in [0.15, 0.2) is 30.5 Å². The van der Waals surface area contributed by atoms with Gasteiger partial charge in [0.1, 0.15) is 6.54 Å². The molecule has 4 nitrogen and oxygen atoms in total. The third kappa shape index (κ3) is 3.33. The Hall–Kier alpha value is -1.81. The molecule has 22 heavy (non-hydrogen) atoms. The normalized spacial score (nSPS) is 18.2. The molecule has 1 aromatic carbocycles. The smallest absolute Gasteiger partial charge is 0.240 e. The Bertz CT molecular complexity index is 654. The number of benzene rings is 1. The molecule has 1 saturated heterocycles. The summed E-state index contributed by atoms with van der Waals surface area (Å²) in [6.07, 6.45) is 4.32. The molecule has 1 amide bonds. The van der Waals surface area contributed by atoms with Gasteiger partial charge < -0.3 is 14.6 Å². The molecule has 4 heteroatoms.